The Hall–Kier alpha value is -2.73. The second-order valence-electron chi connectivity index (χ2n) is 5.27. The number of thiazole rings is 1. The molecule has 0 atom stereocenters. The van der Waals surface area contributed by atoms with Crippen molar-refractivity contribution in [2.75, 3.05) is 19.2 Å². The van der Waals surface area contributed by atoms with E-state index in [1.54, 1.807) is 18.4 Å². The Morgan fingerprint density at radius 3 is 2.96 bits per heavy atom. The van der Waals surface area contributed by atoms with Crippen LogP contribution in [0, 0.1) is 0 Å². The number of rotatable bonds is 5. The van der Waals surface area contributed by atoms with Gasteiger partial charge in [0.1, 0.15) is 5.75 Å². The third-order valence-electron chi connectivity index (χ3n) is 3.80. The first kappa shape index (κ1) is 14.8. The zero-order valence-electron chi connectivity index (χ0n) is 13.1. The maximum atomic E-state index is 5.42. The molecule has 0 bridgehead atoms. The highest BCUT2D eigenvalue weighted by Crippen LogP contribution is 2.36. The van der Waals surface area contributed by atoms with Crippen molar-refractivity contribution in [2.24, 2.45) is 0 Å². The number of hydrogen-bond acceptors (Lipinski definition) is 6. The molecule has 6 heteroatoms. The minimum absolute atomic E-state index is 0.279. The number of nitrogens with one attached hydrogen (secondary N) is 1. The van der Waals surface area contributed by atoms with Crippen LogP contribution in [0.3, 0.4) is 0 Å². The minimum Gasteiger partial charge on any atom is -0.496 e. The van der Waals surface area contributed by atoms with Crippen LogP contribution in [0.15, 0.2) is 47.8 Å². The van der Waals surface area contributed by atoms with E-state index in [1.165, 1.54) is 0 Å². The van der Waals surface area contributed by atoms with Gasteiger partial charge in [-0.05, 0) is 24.3 Å². The smallest absolute Gasteiger partial charge is 0.231 e. The quantitative estimate of drug-likeness (QED) is 0.756. The van der Waals surface area contributed by atoms with Crippen LogP contribution in [-0.2, 0) is 6.54 Å². The van der Waals surface area contributed by atoms with Gasteiger partial charge in [0.2, 0.25) is 6.79 Å². The molecule has 2 aromatic carbocycles. The van der Waals surface area contributed by atoms with E-state index in [0.717, 1.165) is 39.2 Å². The molecular weight excluding hydrogens is 324 g/mol. The molecule has 24 heavy (non-hydrogen) atoms. The topological polar surface area (TPSA) is 52.6 Å². The first-order valence-electron chi connectivity index (χ1n) is 7.55. The Labute approximate surface area is 143 Å². The maximum Gasteiger partial charge on any atom is 0.231 e. The van der Waals surface area contributed by atoms with E-state index >= 15 is 0 Å². The van der Waals surface area contributed by atoms with E-state index in [9.17, 15) is 0 Å². The number of ether oxygens (including phenoxy) is 3. The summed E-state index contributed by atoms with van der Waals surface area (Å²) in [5.74, 6) is 2.42. The number of hydrogen-bond donors (Lipinski definition) is 1. The molecule has 122 valence electrons. The molecule has 1 aliphatic rings. The number of aromatic nitrogens is 1. The van der Waals surface area contributed by atoms with E-state index in [1.807, 2.05) is 47.8 Å². The molecule has 0 aliphatic carbocycles. The largest absolute Gasteiger partial charge is 0.496 e. The van der Waals surface area contributed by atoms with Gasteiger partial charge in [0, 0.05) is 23.1 Å². The number of anilines is 1. The van der Waals surface area contributed by atoms with Crippen LogP contribution in [0.4, 0.5) is 5.13 Å². The number of fused-ring (bicyclic) bond motifs is 1. The molecule has 0 radical (unpaired) electrons. The highest BCUT2D eigenvalue weighted by molar-refractivity contribution is 7.14. The van der Waals surface area contributed by atoms with Gasteiger partial charge in [-0.3, -0.25) is 0 Å². The predicted octanol–water partition coefficient (Wildman–Crippen LogP) is 4.16. The molecule has 0 fully saturated rings. The molecule has 1 aliphatic heterocycles. The van der Waals surface area contributed by atoms with Crippen molar-refractivity contribution in [3.63, 3.8) is 0 Å². The summed E-state index contributed by atoms with van der Waals surface area (Å²) in [6, 6.07) is 13.8. The van der Waals surface area contributed by atoms with E-state index in [2.05, 4.69) is 10.3 Å². The zero-order valence-corrected chi connectivity index (χ0v) is 13.9. The lowest BCUT2D eigenvalue weighted by molar-refractivity contribution is 0.174. The highest BCUT2D eigenvalue weighted by Gasteiger charge is 2.15. The minimum atomic E-state index is 0.279. The fourth-order valence-corrected chi connectivity index (χ4v) is 3.28. The molecule has 0 saturated heterocycles. The van der Waals surface area contributed by atoms with Gasteiger partial charge >= 0.3 is 0 Å². The third-order valence-corrected chi connectivity index (χ3v) is 4.60. The molecule has 4 rings (SSSR count). The molecule has 0 spiro atoms. The summed E-state index contributed by atoms with van der Waals surface area (Å²) < 4.78 is 16.1. The van der Waals surface area contributed by atoms with Crippen molar-refractivity contribution in [2.45, 2.75) is 6.54 Å². The maximum absolute atomic E-state index is 5.42. The van der Waals surface area contributed by atoms with Crippen molar-refractivity contribution >= 4 is 16.5 Å². The van der Waals surface area contributed by atoms with Gasteiger partial charge in [-0.25, -0.2) is 4.98 Å². The van der Waals surface area contributed by atoms with Crippen LogP contribution in [-0.4, -0.2) is 18.9 Å². The van der Waals surface area contributed by atoms with Crippen molar-refractivity contribution in [1.82, 2.24) is 4.98 Å². The molecule has 0 unspecified atom stereocenters. The van der Waals surface area contributed by atoms with Gasteiger partial charge in [-0.15, -0.1) is 11.3 Å². The zero-order chi connectivity index (χ0) is 16.4. The summed E-state index contributed by atoms with van der Waals surface area (Å²) in [5.41, 5.74) is 3.03. The van der Waals surface area contributed by atoms with Gasteiger partial charge in [0.15, 0.2) is 16.6 Å². The second-order valence-corrected chi connectivity index (χ2v) is 6.13. The SMILES string of the molecule is COc1ccccc1CNc1nc(-c2ccc3c(c2)OCO3)cs1. The summed E-state index contributed by atoms with van der Waals surface area (Å²) in [6.45, 7) is 0.944. The number of methoxy groups -OCH3 is 1. The van der Waals surface area contributed by atoms with Gasteiger partial charge in [0.05, 0.1) is 12.8 Å². The van der Waals surface area contributed by atoms with Crippen LogP contribution >= 0.6 is 11.3 Å². The van der Waals surface area contributed by atoms with Gasteiger partial charge in [0.25, 0.3) is 0 Å². The number of nitrogens with zero attached hydrogens (tertiary/aromatic N) is 1. The molecule has 1 aromatic heterocycles. The first-order valence-corrected chi connectivity index (χ1v) is 8.43. The van der Waals surface area contributed by atoms with E-state index in [-0.39, 0.29) is 6.79 Å². The van der Waals surface area contributed by atoms with Crippen LogP contribution in [0.5, 0.6) is 17.2 Å². The van der Waals surface area contributed by atoms with E-state index in [0.29, 0.717) is 6.54 Å². The molecule has 5 nitrogen and oxygen atoms in total. The first-order chi connectivity index (χ1) is 11.8. The van der Waals surface area contributed by atoms with Crippen LogP contribution in [0.2, 0.25) is 0 Å². The monoisotopic (exact) mass is 340 g/mol. The third kappa shape index (κ3) is 2.88. The van der Waals surface area contributed by atoms with Gasteiger partial charge < -0.3 is 19.5 Å². The fraction of sp³-hybridized carbons (Fsp3) is 0.167. The average Bonchev–Trinajstić information content (AvgIpc) is 3.28. The van der Waals surface area contributed by atoms with Crippen molar-refractivity contribution in [1.29, 1.82) is 0 Å². The van der Waals surface area contributed by atoms with Gasteiger partial charge in [-0.2, -0.15) is 0 Å². The Morgan fingerprint density at radius 1 is 1.17 bits per heavy atom. The van der Waals surface area contributed by atoms with E-state index in [4.69, 9.17) is 14.2 Å². The predicted molar refractivity (Wildman–Crippen MR) is 94.0 cm³/mol. The molecule has 1 N–H and O–H groups in total. The van der Waals surface area contributed by atoms with Crippen LogP contribution < -0.4 is 19.5 Å². The van der Waals surface area contributed by atoms with Crippen molar-refractivity contribution in [3.8, 4) is 28.5 Å². The fourth-order valence-electron chi connectivity index (χ4n) is 2.56. The standard InChI is InChI=1S/C18H16N2O3S/c1-21-15-5-3-2-4-13(15)9-19-18-20-14(10-24-18)12-6-7-16-17(8-12)23-11-22-16/h2-8,10H,9,11H2,1H3,(H,19,20). The normalized spacial score (nSPS) is 12.2. The highest BCUT2D eigenvalue weighted by atomic mass is 32.1. The lowest BCUT2D eigenvalue weighted by Gasteiger charge is -2.08. The summed E-state index contributed by atoms with van der Waals surface area (Å²) in [6.07, 6.45) is 0. The number of benzene rings is 2. The molecule has 0 amide bonds. The molecule has 0 saturated carbocycles. The summed E-state index contributed by atoms with van der Waals surface area (Å²) >= 11 is 1.58. The lowest BCUT2D eigenvalue weighted by Crippen LogP contribution is -2.01. The summed E-state index contributed by atoms with van der Waals surface area (Å²) in [7, 11) is 1.68. The Kier molecular flexibility index (Phi) is 3.96. The summed E-state index contributed by atoms with van der Waals surface area (Å²) in [5, 5.41) is 6.25. The second kappa shape index (κ2) is 6.41. The Bertz CT molecular complexity index is 863. The summed E-state index contributed by atoms with van der Waals surface area (Å²) in [4.78, 5) is 4.65. The van der Waals surface area contributed by atoms with Crippen molar-refractivity contribution in [3.05, 3.63) is 53.4 Å². The van der Waals surface area contributed by atoms with Crippen LogP contribution in [0.1, 0.15) is 5.56 Å². The van der Waals surface area contributed by atoms with Crippen LogP contribution in [0.25, 0.3) is 11.3 Å². The molecule has 3 aromatic rings. The van der Waals surface area contributed by atoms with Gasteiger partial charge in [-0.1, -0.05) is 18.2 Å². The average molecular weight is 340 g/mol. The van der Waals surface area contributed by atoms with Crippen molar-refractivity contribution < 1.29 is 14.2 Å². The number of para-hydroxylation sites is 1. The van der Waals surface area contributed by atoms with E-state index < -0.39 is 0 Å². The molecular formula is C18H16N2O3S. The Morgan fingerprint density at radius 2 is 2.04 bits per heavy atom. The lowest BCUT2D eigenvalue weighted by atomic mass is 10.1. The molecule has 2 heterocycles. The Balaban J connectivity index is 1.49.